The lowest BCUT2D eigenvalue weighted by Gasteiger charge is -2.47. The predicted octanol–water partition coefficient (Wildman–Crippen LogP) is 5.55. The van der Waals surface area contributed by atoms with E-state index < -0.39 is 74.6 Å². The number of amides is 4. The number of hydrogen-bond acceptors (Lipinski definition) is 9. The maximum absolute atomic E-state index is 14.7. The van der Waals surface area contributed by atoms with Crippen LogP contribution >= 0.6 is 0 Å². The second-order valence-corrected chi connectivity index (χ2v) is 18.4. The third-order valence-corrected chi connectivity index (χ3v) is 13.9. The number of alkyl carbamates (subject to hydrolysis) is 1. The number of hydrogen-bond donors (Lipinski definition) is 3. The van der Waals surface area contributed by atoms with E-state index in [1.165, 1.54) is 4.90 Å². The number of aryl methyl sites for hydroxylation is 2. The van der Waals surface area contributed by atoms with Crippen molar-refractivity contribution < 1.29 is 45.9 Å². The van der Waals surface area contributed by atoms with E-state index in [2.05, 4.69) is 20.3 Å². The Bertz CT molecular complexity index is 2060. The maximum atomic E-state index is 14.7. The van der Waals surface area contributed by atoms with Crippen LogP contribution in [-0.4, -0.2) is 83.7 Å². The molecule has 16 heteroatoms. The molecule has 1 aromatic heterocycles. The van der Waals surface area contributed by atoms with Crippen molar-refractivity contribution in [1.29, 1.82) is 0 Å². The van der Waals surface area contributed by atoms with Gasteiger partial charge >= 0.3 is 6.09 Å². The van der Waals surface area contributed by atoms with Gasteiger partial charge in [-0.2, -0.15) is 0 Å². The van der Waals surface area contributed by atoms with Crippen LogP contribution < -0.4 is 20.1 Å². The Kier molecular flexibility index (Phi) is 11.8. The molecular weight excluding hydrogens is 761 g/mol. The van der Waals surface area contributed by atoms with Crippen molar-refractivity contribution >= 4 is 44.7 Å². The van der Waals surface area contributed by atoms with Crippen molar-refractivity contribution in [2.45, 2.75) is 146 Å². The van der Waals surface area contributed by atoms with Crippen LogP contribution in [-0.2, 0) is 35.6 Å². The first-order chi connectivity index (χ1) is 27.2. The highest BCUT2D eigenvalue weighted by Crippen LogP contribution is 2.46. The Morgan fingerprint density at radius 3 is 2.56 bits per heavy atom. The van der Waals surface area contributed by atoms with E-state index in [9.17, 15) is 36.4 Å². The van der Waals surface area contributed by atoms with E-state index in [-0.39, 0.29) is 36.8 Å². The maximum Gasteiger partial charge on any atom is 0.408 e. The first-order valence-corrected chi connectivity index (χ1v) is 22.2. The van der Waals surface area contributed by atoms with Crippen LogP contribution in [0, 0.1) is 24.5 Å². The van der Waals surface area contributed by atoms with Crippen LogP contribution in [0.4, 0.5) is 13.6 Å². The van der Waals surface area contributed by atoms with Crippen molar-refractivity contribution in [1.82, 2.24) is 25.2 Å². The molecule has 3 N–H and O–H groups in total. The Morgan fingerprint density at radius 2 is 1.84 bits per heavy atom. The van der Waals surface area contributed by atoms with Gasteiger partial charge in [0.05, 0.1) is 23.5 Å². The van der Waals surface area contributed by atoms with Gasteiger partial charge in [0.2, 0.25) is 21.8 Å². The van der Waals surface area contributed by atoms with Crippen LogP contribution in [0.25, 0.3) is 10.9 Å². The number of nitrogens with zero attached hydrogens (tertiary/aromatic N) is 2. The molecule has 3 fully saturated rings. The number of aromatic nitrogens is 1. The van der Waals surface area contributed by atoms with Gasteiger partial charge in [-0.05, 0) is 83.6 Å². The number of benzene rings is 1. The minimum Gasteiger partial charge on any atom is -0.483 e. The quantitative estimate of drug-likeness (QED) is 0.228. The van der Waals surface area contributed by atoms with Gasteiger partial charge in [-0.15, -0.1) is 0 Å². The highest BCUT2D eigenvalue weighted by molar-refractivity contribution is 7.90. The van der Waals surface area contributed by atoms with Crippen LogP contribution in [0.3, 0.4) is 0 Å². The minimum absolute atomic E-state index is 0.00598. The van der Waals surface area contributed by atoms with E-state index in [4.69, 9.17) is 9.47 Å². The van der Waals surface area contributed by atoms with Crippen LogP contribution in [0.5, 0.6) is 5.75 Å². The van der Waals surface area contributed by atoms with Gasteiger partial charge in [-0.3, -0.25) is 19.1 Å². The number of pyridine rings is 1. The lowest BCUT2D eigenvalue weighted by molar-refractivity contribution is -0.144. The third-order valence-electron chi connectivity index (χ3n) is 12.5. The lowest BCUT2D eigenvalue weighted by Crippen LogP contribution is -2.70. The van der Waals surface area contributed by atoms with Crippen LogP contribution in [0.15, 0.2) is 24.3 Å². The van der Waals surface area contributed by atoms with Crippen molar-refractivity contribution in [3.63, 3.8) is 0 Å². The average molecular weight is 814 g/mol. The molecule has 2 aromatic rings. The summed E-state index contributed by atoms with van der Waals surface area (Å²) < 4.78 is 69.4. The summed E-state index contributed by atoms with van der Waals surface area (Å²) in [5.74, 6) is -4.37. The van der Waals surface area contributed by atoms with E-state index in [1.807, 2.05) is 19.1 Å². The Hall–Kier alpha value is -4.34. The van der Waals surface area contributed by atoms with Gasteiger partial charge in [-0.25, -0.2) is 27.0 Å². The van der Waals surface area contributed by atoms with E-state index in [1.54, 1.807) is 6.92 Å². The molecule has 4 amide bonds. The molecule has 4 heterocycles. The lowest BCUT2D eigenvalue weighted by atomic mass is 9.65. The number of unbranched alkanes of at least 4 members (excludes halogenated alkanes) is 2. The summed E-state index contributed by atoms with van der Waals surface area (Å²) in [7, 11) is -4.00. The SMILES string of the molecule is CCCCCS(=O)(=O)NC(=O)C12CCC1C=CCCCCCC(NC(=O)OC1CCC1)C(=O)N1CC3(CCc4c(c(C)nc5cc(F)c(F)cc45)O3)CC1C(=O)N2. The van der Waals surface area contributed by atoms with Crippen LogP contribution in [0.2, 0.25) is 0 Å². The van der Waals surface area contributed by atoms with Crippen molar-refractivity contribution in [2.24, 2.45) is 5.92 Å². The number of ether oxygens (including phenoxy) is 2. The summed E-state index contributed by atoms with van der Waals surface area (Å²) >= 11 is 0. The summed E-state index contributed by atoms with van der Waals surface area (Å²) in [5.41, 5.74) is -1.36. The number of carbonyl (C=O) groups excluding carboxylic acids is 4. The highest BCUT2D eigenvalue weighted by atomic mass is 32.2. The van der Waals surface area contributed by atoms with Gasteiger partial charge in [0.1, 0.15) is 35.1 Å². The van der Waals surface area contributed by atoms with Gasteiger partial charge in [0.15, 0.2) is 11.6 Å². The zero-order chi connectivity index (χ0) is 40.5. The second-order valence-electron chi connectivity index (χ2n) is 16.5. The van der Waals surface area contributed by atoms with E-state index in [0.29, 0.717) is 73.8 Å². The van der Waals surface area contributed by atoms with Crippen molar-refractivity contribution in [3.05, 3.63) is 47.2 Å². The molecule has 1 saturated heterocycles. The number of carbonyl (C=O) groups is 4. The van der Waals surface area contributed by atoms with Crippen molar-refractivity contribution in [3.8, 4) is 5.75 Å². The van der Waals surface area contributed by atoms with Crippen molar-refractivity contribution in [2.75, 3.05) is 12.3 Å². The Balaban J connectivity index is 1.23. The Labute approximate surface area is 332 Å². The standard InChI is InChI=1S/C41H53F2N5O8S/c1-3-4-10-20-57(53,54)47-38(51)41-19-16-26(41)12-8-6-5-7-9-15-32(45-39(52)55-27-13-11-14-27)37(50)48-24-40(23-34(48)36(49)46-41)18-17-28-29-21-30(42)31(43)22-33(29)44-25(2)35(28)56-40/h8,12,21-22,26-27,32,34H,3-7,9-11,13-20,23-24H2,1-2H3,(H,45,52)(H,46,49)(H,47,51). The molecule has 5 unspecified atom stereocenters. The molecule has 13 nitrogen and oxygen atoms in total. The molecule has 310 valence electrons. The fourth-order valence-electron chi connectivity index (χ4n) is 8.92. The molecule has 2 saturated carbocycles. The van der Waals surface area contributed by atoms with Gasteiger partial charge < -0.3 is 25.0 Å². The molecule has 5 aliphatic rings. The normalized spacial score (nSPS) is 28.1. The molecule has 7 rings (SSSR count). The number of allylic oxidation sites excluding steroid dienone is 1. The summed E-state index contributed by atoms with van der Waals surface area (Å²) in [5, 5.41) is 6.14. The average Bonchev–Trinajstić information content (AvgIpc) is 3.51. The minimum atomic E-state index is -4.00. The fourth-order valence-corrected chi connectivity index (χ4v) is 10.1. The van der Waals surface area contributed by atoms with Gasteiger partial charge in [-0.1, -0.05) is 44.8 Å². The fraction of sp³-hybridized carbons (Fsp3) is 0.634. The molecule has 1 spiro atoms. The molecule has 5 atom stereocenters. The topological polar surface area (TPSA) is 173 Å². The second kappa shape index (κ2) is 16.5. The molecule has 57 heavy (non-hydrogen) atoms. The third kappa shape index (κ3) is 8.47. The molecular formula is C41H53F2N5O8S. The monoisotopic (exact) mass is 813 g/mol. The van der Waals surface area contributed by atoms with E-state index >= 15 is 0 Å². The Morgan fingerprint density at radius 1 is 1.05 bits per heavy atom. The summed E-state index contributed by atoms with van der Waals surface area (Å²) in [6, 6.07) is -0.0464. The molecule has 2 aliphatic carbocycles. The number of halogens is 2. The van der Waals surface area contributed by atoms with E-state index in [0.717, 1.165) is 50.7 Å². The smallest absolute Gasteiger partial charge is 0.408 e. The number of fused-ring (bicyclic) bond motifs is 5. The predicted molar refractivity (Wildman–Crippen MR) is 207 cm³/mol. The van der Waals surface area contributed by atoms with Gasteiger partial charge in [0.25, 0.3) is 5.91 Å². The first-order valence-electron chi connectivity index (χ1n) is 20.5. The largest absolute Gasteiger partial charge is 0.483 e. The zero-order valence-corrected chi connectivity index (χ0v) is 33.5. The molecule has 0 radical (unpaired) electrons. The first kappa shape index (κ1) is 40.8. The summed E-state index contributed by atoms with van der Waals surface area (Å²) in [4.78, 5) is 62.6. The van der Waals surface area contributed by atoms with Crippen LogP contribution in [0.1, 0.15) is 114 Å². The molecule has 3 aliphatic heterocycles. The zero-order valence-electron chi connectivity index (χ0n) is 32.7. The summed E-state index contributed by atoms with van der Waals surface area (Å²) in [6.07, 6.45) is 11.7. The number of sulfonamides is 1. The number of nitrogens with one attached hydrogen (secondary N) is 3. The number of rotatable bonds is 8. The molecule has 0 bridgehead atoms. The molecule has 1 aromatic carbocycles. The van der Waals surface area contributed by atoms with Gasteiger partial charge in [0, 0.05) is 29.4 Å². The summed E-state index contributed by atoms with van der Waals surface area (Å²) in [6.45, 7) is 3.59. The highest BCUT2D eigenvalue weighted by Gasteiger charge is 2.58.